The molecular weight excluding hydrogens is 294 g/mol. The Kier molecular flexibility index (Phi) is 7.08. The second kappa shape index (κ2) is 8.33. The summed E-state index contributed by atoms with van der Waals surface area (Å²) in [5.74, 6) is 0. The summed E-state index contributed by atoms with van der Waals surface area (Å²) in [5.41, 5.74) is 0.875. The fourth-order valence-corrected chi connectivity index (χ4v) is 3.07. The van der Waals surface area contributed by atoms with Crippen LogP contribution in [0.25, 0.3) is 0 Å². The Bertz CT molecular complexity index is 500. The van der Waals surface area contributed by atoms with Crippen molar-refractivity contribution in [1.29, 1.82) is 0 Å². The maximum Gasteiger partial charge on any atom is 0.130 e. The molecule has 0 aliphatic heterocycles. The minimum Gasteiger partial charge on any atom is -0.379 e. The van der Waals surface area contributed by atoms with E-state index >= 15 is 0 Å². The Balaban J connectivity index is 0.00000242. The summed E-state index contributed by atoms with van der Waals surface area (Å²) in [4.78, 5) is 2.29. The normalized spacial score (nSPS) is 12.8. The minimum atomic E-state index is -1.01. The third kappa shape index (κ3) is 3.52. The number of hydrogen-bond donors (Lipinski definition) is 1. The first-order valence-electron chi connectivity index (χ1n) is 7.72. The Morgan fingerprint density at radius 3 is 1.55 bits per heavy atom. The molecule has 2 aromatic rings. The van der Waals surface area contributed by atoms with Crippen LogP contribution >= 0.6 is 12.4 Å². The Labute approximate surface area is 140 Å². The lowest BCUT2D eigenvalue weighted by molar-refractivity contribution is -0.00955. The molecule has 0 radical (unpaired) electrons. The lowest BCUT2D eigenvalue weighted by atomic mass is 9.80. The summed E-state index contributed by atoms with van der Waals surface area (Å²) >= 11 is 0. The molecule has 2 rings (SSSR count). The molecule has 3 heteroatoms. The maximum absolute atomic E-state index is 11.6. The van der Waals surface area contributed by atoms with Crippen LogP contribution in [0, 0.1) is 0 Å². The number of aliphatic hydroxyl groups is 1. The van der Waals surface area contributed by atoms with Crippen molar-refractivity contribution in [3.8, 4) is 0 Å². The van der Waals surface area contributed by atoms with Gasteiger partial charge in [0.05, 0.1) is 0 Å². The fourth-order valence-electron chi connectivity index (χ4n) is 3.07. The highest BCUT2D eigenvalue weighted by molar-refractivity contribution is 5.85. The highest BCUT2D eigenvalue weighted by Crippen LogP contribution is 2.35. The summed E-state index contributed by atoms with van der Waals surface area (Å²) in [6.07, 6.45) is 0. The Morgan fingerprint density at radius 2 is 1.23 bits per heavy atom. The van der Waals surface area contributed by atoms with Gasteiger partial charge in [0.1, 0.15) is 5.60 Å². The van der Waals surface area contributed by atoms with E-state index in [4.69, 9.17) is 0 Å². The van der Waals surface area contributed by atoms with Crippen LogP contribution in [0.5, 0.6) is 0 Å². The predicted octanol–water partition coefficient (Wildman–Crippen LogP) is 4.07. The van der Waals surface area contributed by atoms with E-state index in [1.54, 1.807) is 0 Å². The van der Waals surface area contributed by atoms with E-state index in [0.717, 1.165) is 24.2 Å². The quantitative estimate of drug-likeness (QED) is 0.867. The molecule has 0 spiro atoms. The SMILES string of the molecule is CCN(CC)C(C)C(O)(c1ccccc1)c1ccccc1.Cl. The smallest absolute Gasteiger partial charge is 0.130 e. The molecular formula is C19H26ClNO. The van der Waals surface area contributed by atoms with Crippen LogP contribution in [0.4, 0.5) is 0 Å². The molecule has 0 fully saturated rings. The van der Waals surface area contributed by atoms with Gasteiger partial charge in [-0.2, -0.15) is 0 Å². The number of halogens is 1. The molecule has 0 saturated carbocycles. The van der Waals surface area contributed by atoms with Crippen LogP contribution in [0.1, 0.15) is 31.9 Å². The van der Waals surface area contributed by atoms with E-state index in [9.17, 15) is 5.11 Å². The van der Waals surface area contributed by atoms with Gasteiger partial charge in [0, 0.05) is 6.04 Å². The molecule has 1 N–H and O–H groups in total. The van der Waals surface area contributed by atoms with Crippen LogP contribution in [-0.2, 0) is 5.60 Å². The zero-order valence-electron chi connectivity index (χ0n) is 13.6. The van der Waals surface area contributed by atoms with Crippen LogP contribution in [0.3, 0.4) is 0 Å². The van der Waals surface area contributed by atoms with Crippen molar-refractivity contribution in [1.82, 2.24) is 4.90 Å². The monoisotopic (exact) mass is 319 g/mol. The highest BCUT2D eigenvalue weighted by Gasteiger charge is 2.39. The average Bonchev–Trinajstić information content (AvgIpc) is 2.56. The second-order valence-corrected chi connectivity index (χ2v) is 5.40. The van der Waals surface area contributed by atoms with Gasteiger partial charge >= 0.3 is 0 Å². The molecule has 120 valence electrons. The van der Waals surface area contributed by atoms with Crippen molar-refractivity contribution in [2.45, 2.75) is 32.4 Å². The van der Waals surface area contributed by atoms with E-state index in [1.165, 1.54) is 0 Å². The number of likely N-dealkylation sites (N-methyl/N-ethyl adjacent to an activating group) is 1. The molecule has 1 unspecified atom stereocenters. The van der Waals surface area contributed by atoms with E-state index in [1.807, 2.05) is 60.7 Å². The zero-order valence-corrected chi connectivity index (χ0v) is 14.4. The first-order valence-corrected chi connectivity index (χ1v) is 7.72. The van der Waals surface area contributed by atoms with Crippen molar-refractivity contribution in [2.24, 2.45) is 0 Å². The third-order valence-electron chi connectivity index (χ3n) is 4.39. The highest BCUT2D eigenvalue weighted by atomic mass is 35.5. The maximum atomic E-state index is 11.6. The second-order valence-electron chi connectivity index (χ2n) is 5.40. The number of nitrogens with zero attached hydrogens (tertiary/aromatic N) is 1. The van der Waals surface area contributed by atoms with Crippen molar-refractivity contribution in [3.05, 3.63) is 71.8 Å². The molecule has 0 aromatic heterocycles. The molecule has 1 atom stereocenters. The summed E-state index contributed by atoms with van der Waals surface area (Å²) < 4.78 is 0. The van der Waals surface area contributed by atoms with Crippen molar-refractivity contribution < 1.29 is 5.11 Å². The van der Waals surface area contributed by atoms with Crippen LogP contribution in [0.2, 0.25) is 0 Å². The van der Waals surface area contributed by atoms with E-state index in [2.05, 4.69) is 25.7 Å². The summed E-state index contributed by atoms with van der Waals surface area (Å²) in [6, 6.07) is 19.9. The first kappa shape index (κ1) is 18.7. The summed E-state index contributed by atoms with van der Waals surface area (Å²) in [7, 11) is 0. The van der Waals surface area contributed by atoms with Gasteiger partial charge in [-0.05, 0) is 31.1 Å². The van der Waals surface area contributed by atoms with Crippen molar-refractivity contribution in [3.63, 3.8) is 0 Å². The molecule has 2 nitrogen and oxygen atoms in total. The lowest BCUT2D eigenvalue weighted by Gasteiger charge is -2.41. The molecule has 0 aliphatic rings. The van der Waals surface area contributed by atoms with Crippen molar-refractivity contribution in [2.75, 3.05) is 13.1 Å². The van der Waals surface area contributed by atoms with Gasteiger partial charge in [-0.3, -0.25) is 4.90 Å². The zero-order chi connectivity index (χ0) is 15.3. The van der Waals surface area contributed by atoms with Gasteiger partial charge in [-0.25, -0.2) is 0 Å². The number of benzene rings is 2. The van der Waals surface area contributed by atoms with Crippen molar-refractivity contribution >= 4 is 12.4 Å². The molecule has 0 amide bonds. The number of rotatable bonds is 6. The van der Waals surface area contributed by atoms with Gasteiger partial charge in [-0.15, -0.1) is 12.4 Å². The summed E-state index contributed by atoms with van der Waals surface area (Å²) in [5, 5.41) is 11.6. The molecule has 0 aliphatic carbocycles. The van der Waals surface area contributed by atoms with Gasteiger partial charge in [0.25, 0.3) is 0 Å². The van der Waals surface area contributed by atoms with E-state index in [-0.39, 0.29) is 18.4 Å². The number of hydrogen-bond acceptors (Lipinski definition) is 2. The van der Waals surface area contributed by atoms with E-state index in [0.29, 0.717) is 0 Å². The van der Waals surface area contributed by atoms with E-state index < -0.39 is 5.60 Å². The average molecular weight is 320 g/mol. The fraction of sp³-hybridized carbons (Fsp3) is 0.368. The summed E-state index contributed by atoms with van der Waals surface area (Å²) in [6.45, 7) is 8.21. The Hall–Kier alpha value is -1.35. The third-order valence-corrected chi connectivity index (χ3v) is 4.39. The van der Waals surface area contributed by atoms with Gasteiger partial charge < -0.3 is 5.11 Å². The largest absolute Gasteiger partial charge is 0.379 e. The van der Waals surface area contributed by atoms with Gasteiger partial charge in [0.15, 0.2) is 0 Å². The predicted molar refractivity (Wildman–Crippen MR) is 95.5 cm³/mol. The molecule has 0 saturated heterocycles. The topological polar surface area (TPSA) is 23.5 Å². The molecule has 0 heterocycles. The molecule has 22 heavy (non-hydrogen) atoms. The van der Waals surface area contributed by atoms with Gasteiger partial charge in [-0.1, -0.05) is 74.5 Å². The first-order chi connectivity index (χ1) is 10.1. The standard InChI is InChI=1S/C19H25NO.ClH/c1-4-20(5-2)16(3)19(21,17-12-8-6-9-13-17)18-14-10-7-11-15-18;/h6-16,21H,4-5H2,1-3H3;1H. The van der Waals surface area contributed by atoms with Crippen LogP contribution in [0.15, 0.2) is 60.7 Å². The Morgan fingerprint density at radius 1 is 0.864 bits per heavy atom. The lowest BCUT2D eigenvalue weighted by Crippen LogP contribution is -2.49. The van der Waals surface area contributed by atoms with Crippen LogP contribution in [-0.4, -0.2) is 29.1 Å². The van der Waals surface area contributed by atoms with Gasteiger partial charge in [0.2, 0.25) is 0 Å². The minimum absolute atomic E-state index is 0. The van der Waals surface area contributed by atoms with Crippen LogP contribution < -0.4 is 0 Å². The molecule has 2 aromatic carbocycles. The molecule has 0 bridgehead atoms.